The van der Waals surface area contributed by atoms with Crippen LogP contribution in [0.3, 0.4) is 0 Å². The van der Waals surface area contributed by atoms with Crippen molar-refractivity contribution in [1.29, 1.82) is 0 Å². The Balaban J connectivity index is 1.53. The minimum absolute atomic E-state index is 0.395. The fraction of sp³-hybridized carbons (Fsp3) is 0.231. The van der Waals surface area contributed by atoms with Crippen molar-refractivity contribution in [2.75, 3.05) is 6.61 Å². The smallest absolute Gasteiger partial charge is 0.343 e. The number of nitrogens with zero attached hydrogens (tertiary/aromatic N) is 1. The lowest BCUT2D eigenvalue weighted by Gasteiger charge is -2.07. The van der Waals surface area contributed by atoms with Gasteiger partial charge in [-0.25, -0.2) is 4.79 Å². The first-order valence-electron chi connectivity index (χ1n) is 10.3. The highest BCUT2D eigenvalue weighted by molar-refractivity contribution is 5.91. The van der Waals surface area contributed by atoms with E-state index in [1.54, 1.807) is 42.6 Å². The van der Waals surface area contributed by atoms with E-state index in [4.69, 9.17) is 9.47 Å². The highest BCUT2D eigenvalue weighted by atomic mass is 16.5. The Morgan fingerprint density at radius 3 is 2.20 bits per heavy atom. The SMILES string of the molecule is CCCCCOc1ccc(C(=O)Oc2ccc(C=Nc3ccc(C)cc3)cc2)cc1. The number of carbonyl (C=O) groups excluding carboxylic acids is 1. The third-order valence-electron chi connectivity index (χ3n) is 4.59. The maximum atomic E-state index is 12.4. The predicted molar refractivity (Wildman–Crippen MR) is 121 cm³/mol. The largest absolute Gasteiger partial charge is 0.494 e. The van der Waals surface area contributed by atoms with Crippen molar-refractivity contribution < 1.29 is 14.3 Å². The van der Waals surface area contributed by atoms with Crippen molar-refractivity contribution in [3.63, 3.8) is 0 Å². The molecule has 154 valence electrons. The van der Waals surface area contributed by atoms with Crippen LogP contribution < -0.4 is 9.47 Å². The van der Waals surface area contributed by atoms with E-state index in [1.165, 1.54) is 5.56 Å². The molecule has 0 spiro atoms. The van der Waals surface area contributed by atoms with Crippen LogP contribution in [0.25, 0.3) is 0 Å². The van der Waals surface area contributed by atoms with Gasteiger partial charge in [-0.2, -0.15) is 0 Å². The molecule has 0 aliphatic heterocycles. The molecule has 3 aromatic rings. The molecule has 0 fully saturated rings. The van der Waals surface area contributed by atoms with Gasteiger partial charge < -0.3 is 9.47 Å². The molecule has 0 aliphatic rings. The molecule has 3 rings (SSSR count). The fourth-order valence-corrected chi connectivity index (χ4v) is 2.80. The molecule has 0 amide bonds. The number of aliphatic imine (C=N–C) groups is 1. The van der Waals surface area contributed by atoms with Crippen LogP contribution in [-0.4, -0.2) is 18.8 Å². The number of unbranched alkanes of at least 4 members (excludes halogenated alkanes) is 2. The van der Waals surface area contributed by atoms with Crippen LogP contribution in [0.15, 0.2) is 77.8 Å². The maximum Gasteiger partial charge on any atom is 0.343 e. The average Bonchev–Trinajstić information content (AvgIpc) is 2.78. The van der Waals surface area contributed by atoms with Gasteiger partial charge in [0.2, 0.25) is 0 Å². The van der Waals surface area contributed by atoms with Crippen LogP contribution >= 0.6 is 0 Å². The van der Waals surface area contributed by atoms with Gasteiger partial charge in [0.15, 0.2) is 0 Å². The van der Waals surface area contributed by atoms with E-state index in [0.29, 0.717) is 17.9 Å². The molecule has 0 aliphatic carbocycles. The van der Waals surface area contributed by atoms with Crippen molar-refractivity contribution in [3.8, 4) is 11.5 Å². The quantitative estimate of drug-likeness (QED) is 0.177. The van der Waals surface area contributed by atoms with Gasteiger partial charge in [0, 0.05) is 6.21 Å². The van der Waals surface area contributed by atoms with Crippen LogP contribution in [0.1, 0.15) is 47.7 Å². The Bertz CT molecular complexity index is 959. The van der Waals surface area contributed by atoms with Crippen molar-refractivity contribution in [2.45, 2.75) is 33.1 Å². The molecule has 0 heterocycles. The van der Waals surface area contributed by atoms with Gasteiger partial charge in [0.1, 0.15) is 11.5 Å². The molecule has 0 saturated carbocycles. The van der Waals surface area contributed by atoms with E-state index in [1.807, 2.05) is 43.3 Å². The number of ether oxygens (including phenoxy) is 2. The molecule has 3 aromatic carbocycles. The van der Waals surface area contributed by atoms with E-state index in [0.717, 1.165) is 36.3 Å². The van der Waals surface area contributed by atoms with Gasteiger partial charge >= 0.3 is 5.97 Å². The third-order valence-corrected chi connectivity index (χ3v) is 4.59. The first-order chi connectivity index (χ1) is 14.6. The van der Waals surface area contributed by atoms with Gasteiger partial charge in [-0.15, -0.1) is 0 Å². The number of hydrogen-bond donors (Lipinski definition) is 0. The maximum absolute atomic E-state index is 12.4. The molecule has 4 nitrogen and oxygen atoms in total. The first kappa shape index (κ1) is 21.3. The third kappa shape index (κ3) is 6.59. The molecule has 0 aromatic heterocycles. The van der Waals surface area contributed by atoms with Gasteiger partial charge in [0.25, 0.3) is 0 Å². The van der Waals surface area contributed by atoms with Gasteiger partial charge in [0.05, 0.1) is 17.9 Å². The summed E-state index contributed by atoms with van der Waals surface area (Å²) in [5.41, 5.74) is 3.52. The van der Waals surface area contributed by atoms with E-state index < -0.39 is 5.97 Å². The minimum Gasteiger partial charge on any atom is -0.494 e. The summed E-state index contributed by atoms with van der Waals surface area (Å²) in [5, 5.41) is 0. The molecule has 0 radical (unpaired) electrons. The zero-order valence-corrected chi connectivity index (χ0v) is 17.5. The topological polar surface area (TPSA) is 47.9 Å². The number of hydrogen-bond acceptors (Lipinski definition) is 4. The van der Waals surface area contributed by atoms with E-state index in [2.05, 4.69) is 11.9 Å². The number of rotatable bonds is 9. The molecule has 0 saturated heterocycles. The molecule has 0 N–H and O–H groups in total. The zero-order chi connectivity index (χ0) is 21.2. The molecule has 0 bridgehead atoms. The van der Waals surface area contributed by atoms with Crippen molar-refractivity contribution >= 4 is 17.9 Å². The van der Waals surface area contributed by atoms with Gasteiger partial charge in [-0.3, -0.25) is 4.99 Å². The number of benzene rings is 3. The molecular formula is C26H27NO3. The monoisotopic (exact) mass is 401 g/mol. The van der Waals surface area contributed by atoms with Gasteiger partial charge in [-0.05, 0) is 79.6 Å². The lowest BCUT2D eigenvalue weighted by Crippen LogP contribution is -2.08. The normalized spacial score (nSPS) is 10.9. The van der Waals surface area contributed by atoms with E-state index >= 15 is 0 Å². The van der Waals surface area contributed by atoms with Crippen LogP contribution in [0.2, 0.25) is 0 Å². The summed E-state index contributed by atoms with van der Waals surface area (Å²) in [4.78, 5) is 16.8. The highest BCUT2D eigenvalue weighted by Crippen LogP contribution is 2.18. The Labute approximate surface area is 178 Å². The van der Waals surface area contributed by atoms with Crippen molar-refractivity contribution in [1.82, 2.24) is 0 Å². The second kappa shape index (κ2) is 11.0. The summed E-state index contributed by atoms with van der Waals surface area (Å²) in [5.74, 6) is 0.862. The number of esters is 1. The number of carbonyl (C=O) groups is 1. The summed E-state index contributed by atoms with van der Waals surface area (Å²) >= 11 is 0. The molecule has 30 heavy (non-hydrogen) atoms. The highest BCUT2D eigenvalue weighted by Gasteiger charge is 2.09. The van der Waals surface area contributed by atoms with E-state index in [9.17, 15) is 4.79 Å². The second-order valence-corrected chi connectivity index (χ2v) is 7.13. The second-order valence-electron chi connectivity index (χ2n) is 7.13. The number of aryl methyl sites for hydroxylation is 1. The molecular weight excluding hydrogens is 374 g/mol. The van der Waals surface area contributed by atoms with Crippen LogP contribution in [-0.2, 0) is 0 Å². The molecule has 0 unspecified atom stereocenters. The predicted octanol–water partition coefficient (Wildman–Crippen LogP) is 6.53. The Morgan fingerprint density at radius 1 is 0.867 bits per heavy atom. The van der Waals surface area contributed by atoms with E-state index in [-0.39, 0.29) is 0 Å². The average molecular weight is 402 g/mol. The first-order valence-corrected chi connectivity index (χ1v) is 10.3. The Hall–Kier alpha value is -3.40. The minimum atomic E-state index is -0.395. The molecule has 0 atom stereocenters. The molecule has 4 heteroatoms. The van der Waals surface area contributed by atoms with Crippen LogP contribution in [0, 0.1) is 6.92 Å². The van der Waals surface area contributed by atoms with Crippen molar-refractivity contribution in [3.05, 3.63) is 89.5 Å². The lowest BCUT2D eigenvalue weighted by atomic mass is 10.2. The Kier molecular flexibility index (Phi) is 7.78. The van der Waals surface area contributed by atoms with Gasteiger partial charge in [-0.1, -0.05) is 37.5 Å². The summed E-state index contributed by atoms with van der Waals surface area (Å²) in [6, 6.07) is 22.3. The summed E-state index contributed by atoms with van der Waals surface area (Å²) < 4.78 is 11.1. The fourth-order valence-electron chi connectivity index (χ4n) is 2.80. The summed E-state index contributed by atoms with van der Waals surface area (Å²) in [6.45, 7) is 4.90. The van der Waals surface area contributed by atoms with Crippen molar-refractivity contribution in [2.24, 2.45) is 4.99 Å². The Morgan fingerprint density at radius 2 is 1.53 bits per heavy atom. The summed E-state index contributed by atoms with van der Waals surface area (Å²) in [7, 11) is 0. The summed E-state index contributed by atoms with van der Waals surface area (Å²) in [6.07, 6.45) is 5.14. The standard InChI is InChI=1S/C26H27NO3/c1-3-4-5-18-29-24-16-10-22(11-17-24)26(28)30-25-14-8-21(9-15-25)19-27-23-12-6-20(2)7-13-23/h6-17,19H,3-5,18H2,1-2H3. The lowest BCUT2D eigenvalue weighted by molar-refractivity contribution is 0.0734. The van der Waals surface area contributed by atoms with Crippen LogP contribution in [0.4, 0.5) is 5.69 Å². The van der Waals surface area contributed by atoms with Crippen LogP contribution in [0.5, 0.6) is 11.5 Å². The zero-order valence-electron chi connectivity index (χ0n) is 17.5.